The molecule has 0 bridgehead atoms. The van der Waals surface area contributed by atoms with E-state index in [9.17, 15) is 4.79 Å². The minimum atomic E-state index is 0.145. The van der Waals surface area contributed by atoms with E-state index in [1.54, 1.807) is 4.68 Å². The number of rotatable bonds is 6. The van der Waals surface area contributed by atoms with Crippen LogP contribution in [0.15, 0.2) is 6.33 Å². The molecule has 0 spiro atoms. The standard InChI is InChI=1S/C10H18N4O/c1-4-14-10(12-7-13-14)5-9(15)6-11-8(2)3/h7-8,11H,4-6H2,1-3H3. The summed E-state index contributed by atoms with van der Waals surface area (Å²) in [6.07, 6.45) is 1.84. The first-order chi connectivity index (χ1) is 7.13. The normalized spacial score (nSPS) is 10.9. The van der Waals surface area contributed by atoms with Gasteiger partial charge in [-0.3, -0.25) is 4.79 Å². The van der Waals surface area contributed by atoms with Gasteiger partial charge in [0.1, 0.15) is 12.2 Å². The summed E-state index contributed by atoms with van der Waals surface area (Å²) in [5, 5.41) is 7.10. The van der Waals surface area contributed by atoms with E-state index in [1.165, 1.54) is 6.33 Å². The van der Waals surface area contributed by atoms with Crippen LogP contribution in [0, 0.1) is 0 Å². The molecule has 0 unspecified atom stereocenters. The Kier molecular flexibility index (Phi) is 4.42. The van der Waals surface area contributed by atoms with Crippen LogP contribution >= 0.6 is 0 Å². The zero-order valence-corrected chi connectivity index (χ0v) is 9.53. The summed E-state index contributed by atoms with van der Waals surface area (Å²) >= 11 is 0. The molecule has 0 fully saturated rings. The largest absolute Gasteiger partial charge is 0.308 e. The summed E-state index contributed by atoms with van der Waals surface area (Å²) in [7, 11) is 0. The molecule has 1 aromatic heterocycles. The van der Waals surface area contributed by atoms with Gasteiger partial charge in [0, 0.05) is 12.6 Å². The predicted molar refractivity (Wildman–Crippen MR) is 57.5 cm³/mol. The zero-order chi connectivity index (χ0) is 11.3. The number of carbonyl (C=O) groups is 1. The predicted octanol–water partition coefficient (Wildman–Crippen LogP) is 0.408. The number of aryl methyl sites for hydroxylation is 1. The molecule has 5 heteroatoms. The van der Waals surface area contributed by atoms with Gasteiger partial charge in [0.05, 0.1) is 13.0 Å². The highest BCUT2D eigenvalue weighted by molar-refractivity contribution is 5.82. The minimum absolute atomic E-state index is 0.145. The Labute approximate surface area is 89.9 Å². The van der Waals surface area contributed by atoms with Crippen LogP contribution in [0.2, 0.25) is 0 Å². The van der Waals surface area contributed by atoms with Gasteiger partial charge in [-0.25, -0.2) is 9.67 Å². The summed E-state index contributed by atoms with van der Waals surface area (Å²) in [5.41, 5.74) is 0. The van der Waals surface area contributed by atoms with Crippen molar-refractivity contribution in [1.82, 2.24) is 20.1 Å². The Morgan fingerprint density at radius 3 is 2.93 bits per heavy atom. The summed E-state index contributed by atoms with van der Waals surface area (Å²) in [5.74, 6) is 0.888. The lowest BCUT2D eigenvalue weighted by atomic mass is 10.2. The third kappa shape index (κ3) is 3.79. The van der Waals surface area contributed by atoms with Crippen molar-refractivity contribution in [2.24, 2.45) is 0 Å². The highest BCUT2D eigenvalue weighted by Gasteiger charge is 2.09. The van der Waals surface area contributed by atoms with Crippen LogP contribution in [-0.4, -0.2) is 33.1 Å². The lowest BCUT2D eigenvalue weighted by Crippen LogP contribution is -2.30. The van der Waals surface area contributed by atoms with Crippen molar-refractivity contribution in [3.05, 3.63) is 12.2 Å². The first kappa shape index (κ1) is 11.8. The Morgan fingerprint density at radius 2 is 2.33 bits per heavy atom. The van der Waals surface area contributed by atoms with E-state index in [1.807, 2.05) is 20.8 Å². The lowest BCUT2D eigenvalue weighted by Gasteiger charge is -2.07. The van der Waals surface area contributed by atoms with Crippen molar-refractivity contribution in [3.8, 4) is 0 Å². The van der Waals surface area contributed by atoms with E-state index in [-0.39, 0.29) is 5.78 Å². The maximum atomic E-state index is 11.5. The van der Waals surface area contributed by atoms with Crippen LogP contribution in [0.5, 0.6) is 0 Å². The first-order valence-corrected chi connectivity index (χ1v) is 5.25. The van der Waals surface area contributed by atoms with E-state index in [0.717, 1.165) is 12.4 Å². The summed E-state index contributed by atoms with van der Waals surface area (Å²) in [6.45, 7) is 7.16. The Morgan fingerprint density at radius 1 is 1.60 bits per heavy atom. The van der Waals surface area contributed by atoms with E-state index >= 15 is 0 Å². The Bertz CT molecular complexity index is 319. The van der Waals surface area contributed by atoms with Gasteiger partial charge in [0.15, 0.2) is 5.78 Å². The van der Waals surface area contributed by atoms with Crippen LogP contribution in [0.3, 0.4) is 0 Å². The Balaban J connectivity index is 2.44. The molecule has 0 saturated heterocycles. The molecule has 0 aliphatic heterocycles. The number of nitrogens with one attached hydrogen (secondary N) is 1. The Hall–Kier alpha value is -1.23. The maximum absolute atomic E-state index is 11.5. The molecule has 84 valence electrons. The van der Waals surface area contributed by atoms with Gasteiger partial charge in [-0.05, 0) is 6.92 Å². The number of carbonyl (C=O) groups excluding carboxylic acids is 1. The van der Waals surface area contributed by atoms with Gasteiger partial charge < -0.3 is 5.32 Å². The van der Waals surface area contributed by atoms with Gasteiger partial charge in [-0.2, -0.15) is 5.10 Å². The lowest BCUT2D eigenvalue weighted by molar-refractivity contribution is -0.117. The summed E-state index contributed by atoms with van der Waals surface area (Å²) in [6, 6.07) is 0.331. The second kappa shape index (κ2) is 5.60. The van der Waals surface area contributed by atoms with Crippen molar-refractivity contribution < 1.29 is 4.79 Å². The number of ketones is 1. The van der Waals surface area contributed by atoms with Gasteiger partial charge in [-0.15, -0.1) is 0 Å². The smallest absolute Gasteiger partial charge is 0.154 e. The van der Waals surface area contributed by atoms with E-state index in [0.29, 0.717) is 19.0 Å². The highest BCUT2D eigenvalue weighted by Crippen LogP contribution is 1.96. The third-order valence-electron chi connectivity index (χ3n) is 2.06. The van der Waals surface area contributed by atoms with Crippen LogP contribution < -0.4 is 5.32 Å². The second-order valence-electron chi connectivity index (χ2n) is 3.74. The minimum Gasteiger partial charge on any atom is -0.308 e. The molecular weight excluding hydrogens is 192 g/mol. The van der Waals surface area contributed by atoms with Gasteiger partial charge >= 0.3 is 0 Å². The third-order valence-corrected chi connectivity index (χ3v) is 2.06. The van der Waals surface area contributed by atoms with Gasteiger partial charge in [0.25, 0.3) is 0 Å². The van der Waals surface area contributed by atoms with Crippen molar-refractivity contribution >= 4 is 5.78 Å². The molecule has 0 aliphatic carbocycles. The fourth-order valence-electron chi connectivity index (χ4n) is 1.25. The number of Topliss-reactive ketones (excluding diaryl/α,β-unsaturated/α-hetero) is 1. The molecule has 0 saturated carbocycles. The number of aromatic nitrogens is 3. The maximum Gasteiger partial charge on any atom is 0.154 e. The number of nitrogens with zero attached hydrogens (tertiary/aromatic N) is 3. The SMILES string of the molecule is CCn1ncnc1CC(=O)CNC(C)C. The fraction of sp³-hybridized carbons (Fsp3) is 0.700. The van der Waals surface area contributed by atoms with Crippen LogP contribution in [-0.2, 0) is 17.8 Å². The molecule has 1 N–H and O–H groups in total. The van der Waals surface area contributed by atoms with Crippen molar-refractivity contribution in [2.45, 2.75) is 39.8 Å². The first-order valence-electron chi connectivity index (χ1n) is 5.25. The molecule has 1 rings (SSSR count). The fourth-order valence-corrected chi connectivity index (χ4v) is 1.25. The quantitative estimate of drug-likeness (QED) is 0.738. The number of hydrogen-bond donors (Lipinski definition) is 1. The summed E-state index contributed by atoms with van der Waals surface area (Å²) < 4.78 is 1.74. The molecular formula is C10H18N4O. The van der Waals surface area contributed by atoms with Crippen LogP contribution in [0.25, 0.3) is 0 Å². The van der Waals surface area contributed by atoms with Crippen LogP contribution in [0.1, 0.15) is 26.6 Å². The summed E-state index contributed by atoms with van der Waals surface area (Å²) in [4.78, 5) is 15.6. The average Bonchev–Trinajstić information content (AvgIpc) is 2.62. The van der Waals surface area contributed by atoms with Gasteiger partial charge in [0.2, 0.25) is 0 Å². The molecule has 0 radical (unpaired) electrons. The molecule has 1 heterocycles. The van der Waals surface area contributed by atoms with E-state index < -0.39 is 0 Å². The molecule has 0 amide bonds. The monoisotopic (exact) mass is 210 g/mol. The van der Waals surface area contributed by atoms with Crippen LogP contribution in [0.4, 0.5) is 0 Å². The van der Waals surface area contributed by atoms with Crippen molar-refractivity contribution in [1.29, 1.82) is 0 Å². The second-order valence-corrected chi connectivity index (χ2v) is 3.74. The molecule has 5 nitrogen and oxygen atoms in total. The van der Waals surface area contributed by atoms with Crippen molar-refractivity contribution in [3.63, 3.8) is 0 Å². The molecule has 15 heavy (non-hydrogen) atoms. The van der Waals surface area contributed by atoms with E-state index in [2.05, 4.69) is 15.4 Å². The number of hydrogen-bond acceptors (Lipinski definition) is 4. The highest BCUT2D eigenvalue weighted by atomic mass is 16.1. The van der Waals surface area contributed by atoms with Crippen molar-refractivity contribution in [2.75, 3.05) is 6.54 Å². The zero-order valence-electron chi connectivity index (χ0n) is 9.53. The molecule has 1 aromatic rings. The topological polar surface area (TPSA) is 59.8 Å². The molecule has 0 aliphatic rings. The molecule has 0 atom stereocenters. The molecule has 0 aromatic carbocycles. The average molecular weight is 210 g/mol. The van der Waals surface area contributed by atoms with E-state index in [4.69, 9.17) is 0 Å². The van der Waals surface area contributed by atoms with Gasteiger partial charge in [-0.1, -0.05) is 13.8 Å².